The fraction of sp³-hybridized carbons (Fsp3) is 0.294. The minimum Gasteiger partial charge on any atom is -0.497 e. The molecule has 2 N–H and O–H groups in total. The van der Waals surface area contributed by atoms with Crippen LogP contribution in [0, 0.1) is 0 Å². The summed E-state index contributed by atoms with van der Waals surface area (Å²) in [5.74, 6) is 1.76. The number of ether oxygens (including phenoxy) is 2. The van der Waals surface area contributed by atoms with Gasteiger partial charge in [0.15, 0.2) is 0 Å². The molecular weight excluding hydrogens is 264 g/mol. The quantitative estimate of drug-likeness (QED) is 0.941. The van der Waals surface area contributed by atoms with Crippen LogP contribution in [-0.2, 0) is 6.54 Å². The SMILES string of the molecule is COc1ccc(CN)c(N2CCCOc3ccccc32)c1. The van der Waals surface area contributed by atoms with Gasteiger partial charge in [-0.05, 0) is 30.2 Å². The Kier molecular flexibility index (Phi) is 3.97. The van der Waals surface area contributed by atoms with Gasteiger partial charge in [0.25, 0.3) is 0 Å². The first-order valence-electron chi connectivity index (χ1n) is 7.20. The van der Waals surface area contributed by atoms with Crippen molar-refractivity contribution in [1.82, 2.24) is 0 Å². The molecule has 1 heterocycles. The van der Waals surface area contributed by atoms with Crippen LogP contribution in [0.2, 0.25) is 0 Å². The maximum atomic E-state index is 5.91. The normalized spacial score (nSPS) is 14.1. The van der Waals surface area contributed by atoms with Crippen molar-refractivity contribution < 1.29 is 9.47 Å². The highest BCUT2D eigenvalue weighted by Crippen LogP contribution is 2.38. The van der Waals surface area contributed by atoms with E-state index in [0.717, 1.165) is 48.0 Å². The number of benzene rings is 2. The van der Waals surface area contributed by atoms with Crippen molar-refractivity contribution in [3.05, 3.63) is 48.0 Å². The number of rotatable bonds is 3. The first-order chi connectivity index (χ1) is 10.3. The second kappa shape index (κ2) is 6.06. The van der Waals surface area contributed by atoms with Gasteiger partial charge in [0.1, 0.15) is 11.5 Å². The number of hydrogen-bond donors (Lipinski definition) is 1. The van der Waals surface area contributed by atoms with Crippen LogP contribution >= 0.6 is 0 Å². The zero-order chi connectivity index (χ0) is 14.7. The molecule has 0 bridgehead atoms. The summed E-state index contributed by atoms with van der Waals surface area (Å²) in [5.41, 5.74) is 9.19. The van der Waals surface area contributed by atoms with Gasteiger partial charge in [-0.1, -0.05) is 18.2 Å². The largest absolute Gasteiger partial charge is 0.497 e. The van der Waals surface area contributed by atoms with Crippen LogP contribution in [0.5, 0.6) is 11.5 Å². The third-order valence-electron chi connectivity index (χ3n) is 3.74. The van der Waals surface area contributed by atoms with Crippen LogP contribution in [0.25, 0.3) is 0 Å². The second-order valence-electron chi connectivity index (χ2n) is 5.02. The maximum absolute atomic E-state index is 5.91. The number of fused-ring (bicyclic) bond motifs is 1. The summed E-state index contributed by atoms with van der Waals surface area (Å²) in [5, 5.41) is 0. The smallest absolute Gasteiger partial charge is 0.142 e. The topological polar surface area (TPSA) is 47.7 Å². The lowest BCUT2D eigenvalue weighted by Crippen LogP contribution is -2.20. The molecule has 0 saturated carbocycles. The lowest BCUT2D eigenvalue weighted by molar-refractivity contribution is 0.322. The molecule has 0 amide bonds. The number of para-hydroxylation sites is 2. The van der Waals surface area contributed by atoms with Crippen LogP contribution in [0.4, 0.5) is 11.4 Å². The average molecular weight is 284 g/mol. The van der Waals surface area contributed by atoms with Crippen LogP contribution in [0.15, 0.2) is 42.5 Å². The third kappa shape index (κ3) is 2.67. The molecule has 21 heavy (non-hydrogen) atoms. The number of nitrogens with zero attached hydrogens (tertiary/aromatic N) is 1. The molecule has 4 nitrogen and oxygen atoms in total. The van der Waals surface area contributed by atoms with E-state index in [4.69, 9.17) is 15.2 Å². The molecule has 0 aliphatic carbocycles. The summed E-state index contributed by atoms with van der Waals surface area (Å²) in [6.45, 7) is 2.13. The molecule has 0 atom stereocenters. The Morgan fingerprint density at radius 3 is 2.86 bits per heavy atom. The Morgan fingerprint density at radius 2 is 2.05 bits per heavy atom. The van der Waals surface area contributed by atoms with Gasteiger partial charge in [-0.3, -0.25) is 0 Å². The van der Waals surface area contributed by atoms with Crippen molar-refractivity contribution in [2.75, 3.05) is 25.2 Å². The summed E-state index contributed by atoms with van der Waals surface area (Å²) in [6, 6.07) is 14.1. The number of methoxy groups -OCH3 is 1. The van der Waals surface area contributed by atoms with Crippen molar-refractivity contribution in [3.63, 3.8) is 0 Å². The van der Waals surface area contributed by atoms with Gasteiger partial charge in [0.2, 0.25) is 0 Å². The minimum absolute atomic E-state index is 0.499. The molecule has 0 radical (unpaired) electrons. The van der Waals surface area contributed by atoms with E-state index in [1.807, 2.05) is 36.4 Å². The summed E-state index contributed by atoms with van der Waals surface area (Å²) >= 11 is 0. The van der Waals surface area contributed by atoms with Crippen molar-refractivity contribution >= 4 is 11.4 Å². The van der Waals surface area contributed by atoms with Crippen molar-refractivity contribution in [2.24, 2.45) is 5.73 Å². The third-order valence-corrected chi connectivity index (χ3v) is 3.74. The van der Waals surface area contributed by atoms with Gasteiger partial charge >= 0.3 is 0 Å². The fourth-order valence-electron chi connectivity index (χ4n) is 2.67. The predicted octanol–water partition coefficient (Wildman–Crippen LogP) is 3.07. The van der Waals surface area contributed by atoms with E-state index in [1.54, 1.807) is 7.11 Å². The van der Waals surface area contributed by atoms with Crippen molar-refractivity contribution in [1.29, 1.82) is 0 Å². The van der Waals surface area contributed by atoms with Gasteiger partial charge in [-0.15, -0.1) is 0 Å². The average Bonchev–Trinajstić information content (AvgIpc) is 2.76. The van der Waals surface area contributed by atoms with Gasteiger partial charge in [-0.25, -0.2) is 0 Å². The lowest BCUT2D eigenvalue weighted by atomic mass is 10.1. The number of anilines is 2. The van der Waals surface area contributed by atoms with E-state index < -0.39 is 0 Å². The highest BCUT2D eigenvalue weighted by atomic mass is 16.5. The molecule has 110 valence electrons. The molecule has 4 heteroatoms. The first kappa shape index (κ1) is 13.8. The number of nitrogens with two attached hydrogens (primary N) is 1. The Bertz CT molecular complexity index is 628. The minimum atomic E-state index is 0.499. The van der Waals surface area contributed by atoms with Gasteiger partial charge in [-0.2, -0.15) is 0 Å². The summed E-state index contributed by atoms with van der Waals surface area (Å²) < 4.78 is 11.2. The summed E-state index contributed by atoms with van der Waals surface area (Å²) in [6.07, 6.45) is 0.968. The molecule has 0 aromatic heterocycles. The monoisotopic (exact) mass is 284 g/mol. The van der Waals surface area contributed by atoms with Crippen molar-refractivity contribution in [2.45, 2.75) is 13.0 Å². The lowest BCUT2D eigenvalue weighted by Gasteiger charge is -2.26. The predicted molar refractivity (Wildman–Crippen MR) is 84.4 cm³/mol. The molecule has 1 aliphatic heterocycles. The van der Waals surface area contributed by atoms with E-state index in [9.17, 15) is 0 Å². The molecule has 3 rings (SSSR count). The maximum Gasteiger partial charge on any atom is 0.142 e. The van der Waals surface area contributed by atoms with Gasteiger partial charge < -0.3 is 20.1 Å². The van der Waals surface area contributed by atoms with E-state index in [1.165, 1.54) is 0 Å². The summed E-state index contributed by atoms with van der Waals surface area (Å²) in [4.78, 5) is 2.27. The van der Waals surface area contributed by atoms with Crippen LogP contribution in [0.3, 0.4) is 0 Å². The summed E-state index contributed by atoms with van der Waals surface area (Å²) in [7, 11) is 1.68. The van der Waals surface area contributed by atoms with Crippen LogP contribution in [-0.4, -0.2) is 20.3 Å². The van der Waals surface area contributed by atoms with E-state index in [0.29, 0.717) is 6.54 Å². The Hall–Kier alpha value is -2.20. The zero-order valence-corrected chi connectivity index (χ0v) is 12.2. The molecule has 0 unspecified atom stereocenters. The fourth-order valence-corrected chi connectivity index (χ4v) is 2.67. The molecular formula is C17H20N2O2. The highest BCUT2D eigenvalue weighted by Gasteiger charge is 2.19. The van der Waals surface area contributed by atoms with Crippen molar-refractivity contribution in [3.8, 4) is 11.5 Å². The van der Waals surface area contributed by atoms with E-state index >= 15 is 0 Å². The Labute approximate surface area is 125 Å². The Balaban J connectivity index is 2.11. The molecule has 2 aromatic carbocycles. The molecule has 0 saturated heterocycles. The van der Waals surface area contributed by atoms with Crippen LogP contribution < -0.4 is 20.1 Å². The Morgan fingerprint density at radius 1 is 1.19 bits per heavy atom. The number of hydrogen-bond acceptors (Lipinski definition) is 4. The highest BCUT2D eigenvalue weighted by molar-refractivity contribution is 5.72. The molecule has 1 aliphatic rings. The van der Waals surface area contributed by atoms with Gasteiger partial charge in [0, 0.05) is 24.8 Å². The van der Waals surface area contributed by atoms with E-state index in [-0.39, 0.29) is 0 Å². The zero-order valence-electron chi connectivity index (χ0n) is 12.2. The van der Waals surface area contributed by atoms with E-state index in [2.05, 4.69) is 11.0 Å². The molecule has 0 fully saturated rings. The van der Waals surface area contributed by atoms with Gasteiger partial charge in [0.05, 0.1) is 19.4 Å². The first-order valence-corrected chi connectivity index (χ1v) is 7.20. The standard InChI is InChI=1S/C17H20N2O2/c1-20-14-8-7-13(12-18)16(11-14)19-9-4-10-21-17-6-3-2-5-15(17)19/h2-3,5-8,11H,4,9-10,12,18H2,1H3. The van der Waals surface area contributed by atoms with Crippen LogP contribution in [0.1, 0.15) is 12.0 Å². The molecule has 2 aromatic rings. The second-order valence-corrected chi connectivity index (χ2v) is 5.02. The molecule has 0 spiro atoms.